The minimum Gasteiger partial charge on any atom is -0.497 e. The van der Waals surface area contributed by atoms with Crippen molar-refractivity contribution in [1.29, 1.82) is 5.26 Å². The number of carbonyl (C=O) groups excluding carboxylic acids is 2. The van der Waals surface area contributed by atoms with Gasteiger partial charge in [-0.1, -0.05) is 56.8 Å². The zero-order chi connectivity index (χ0) is 25.9. The number of nitriles is 1. The molecule has 1 unspecified atom stereocenters. The van der Waals surface area contributed by atoms with Crippen LogP contribution in [0.5, 0.6) is 5.75 Å². The van der Waals surface area contributed by atoms with Crippen molar-refractivity contribution in [3.05, 3.63) is 81.5 Å². The number of thioether (sulfide) groups is 1. The van der Waals surface area contributed by atoms with E-state index in [4.69, 9.17) is 4.74 Å². The molecule has 0 radical (unpaired) electrons. The van der Waals surface area contributed by atoms with E-state index < -0.39 is 5.92 Å². The van der Waals surface area contributed by atoms with E-state index in [1.165, 1.54) is 17.3 Å². The third-order valence-corrected chi connectivity index (χ3v) is 7.59. The summed E-state index contributed by atoms with van der Waals surface area (Å²) in [7, 11) is 1.60. The summed E-state index contributed by atoms with van der Waals surface area (Å²) in [4.78, 5) is 26.0. The lowest BCUT2D eigenvalue weighted by Crippen LogP contribution is -2.37. The number of rotatable bonds is 7. The summed E-state index contributed by atoms with van der Waals surface area (Å²) >= 11 is 1.29. The van der Waals surface area contributed by atoms with Crippen molar-refractivity contribution >= 4 is 29.1 Å². The summed E-state index contributed by atoms with van der Waals surface area (Å²) in [5.74, 6) is 0.265. The highest BCUT2D eigenvalue weighted by Gasteiger charge is 2.42. The first-order valence-electron chi connectivity index (χ1n) is 12.1. The number of ketones is 1. The third-order valence-electron chi connectivity index (χ3n) is 6.57. The SMILES string of the molecule is CCc1ccc(NC(=O)CSC2=C(C#N)C(c3ccc(OC)cc3)C3=C(CC(C)(C)CC3=O)N2)cc1. The molecule has 0 aromatic heterocycles. The summed E-state index contributed by atoms with van der Waals surface area (Å²) in [6, 6.07) is 17.6. The first-order chi connectivity index (χ1) is 17.2. The largest absolute Gasteiger partial charge is 0.497 e. The van der Waals surface area contributed by atoms with Crippen molar-refractivity contribution in [3.63, 3.8) is 0 Å². The van der Waals surface area contributed by atoms with Crippen molar-refractivity contribution in [1.82, 2.24) is 5.32 Å². The smallest absolute Gasteiger partial charge is 0.234 e. The Morgan fingerprint density at radius 2 is 1.86 bits per heavy atom. The zero-order valence-electron chi connectivity index (χ0n) is 21.1. The number of hydrogen-bond donors (Lipinski definition) is 2. The van der Waals surface area contributed by atoms with Gasteiger partial charge < -0.3 is 15.4 Å². The summed E-state index contributed by atoms with van der Waals surface area (Å²) in [5, 5.41) is 17.1. The van der Waals surface area contributed by atoms with Crippen LogP contribution in [0.2, 0.25) is 0 Å². The minimum atomic E-state index is -0.479. The second kappa shape index (κ2) is 10.6. The predicted molar refractivity (Wildman–Crippen MR) is 143 cm³/mol. The number of methoxy groups -OCH3 is 1. The Morgan fingerprint density at radius 3 is 2.47 bits per heavy atom. The van der Waals surface area contributed by atoms with Crippen LogP contribution in [0, 0.1) is 16.7 Å². The molecule has 186 valence electrons. The quantitative estimate of drug-likeness (QED) is 0.506. The molecule has 2 aromatic rings. The standard InChI is InChI=1S/C29H31N3O3S/c1-5-18-6-10-20(11-7-18)31-25(34)17-36-28-22(16-30)26(19-8-12-21(35-4)13-9-19)27-23(32-28)14-29(2,3)15-24(27)33/h6-13,26,32H,5,14-15,17H2,1-4H3,(H,31,34). The molecular weight excluding hydrogens is 470 g/mol. The van der Waals surface area contributed by atoms with Crippen LogP contribution < -0.4 is 15.4 Å². The average Bonchev–Trinajstić information content (AvgIpc) is 2.86. The van der Waals surface area contributed by atoms with Gasteiger partial charge in [-0.25, -0.2) is 0 Å². The lowest BCUT2D eigenvalue weighted by atomic mass is 9.69. The third kappa shape index (κ3) is 5.50. The number of aryl methyl sites for hydroxylation is 1. The second-order valence-corrected chi connectivity index (χ2v) is 10.9. The van der Waals surface area contributed by atoms with Gasteiger partial charge in [-0.15, -0.1) is 0 Å². The minimum absolute atomic E-state index is 0.0552. The van der Waals surface area contributed by atoms with Gasteiger partial charge in [-0.2, -0.15) is 5.26 Å². The van der Waals surface area contributed by atoms with Crippen molar-refractivity contribution in [2.75, 3.05) is 18.2 Å². The molecule has 36 heavy (non-hydrogen) atoms. The highest BCUT2D eigenvalue weighted by molar-refractivity contribution is 8.03. The number of hydrogen-bond acceptors (Lipinski definition) is 6. The Morgan fingerprint density at radius 1 is 1.17 bits per heavy atom. The fraction of sp³-hybridized carbons (Fsp3) is 0.345. The van der Waals surface area contributed by atoms with E-state index in [-0.39, 0.29) is 22.9 Å². The monoisotopic (exact) mass is 501 g/mol. The predicted octanol–water partition coefficient (Wildman–Crippen LogP) is 5.69. The Hall–Kier alpha value is -3.50. The molecule has 2 N–H and O–H groups in total. The van der Waals surface area contributed by atoms with Crippen LogP contribution in [0.4, 0.5) is 5.69 Å². The van der Waals surface area contributed by atoms with Crippen molar-refractivity contribution in [2.45, 2.75) is 46.0 Å². The number of nitrogens with zero attached hydrogens (tertiary/aromatic N) is 1. The van der Waals surface area contributed by atoms with Crippen LogP contribution in [0.25, 0.3) is 0 Å². The van der Waals surface area contributed by atoms with Gasteiger partial charge >= 0.3 is 0 Å². The molecule has 7 heteroatoms. The zero-order valence-corrected chi connectivity index (χ0v) is 21.9. The molecule has 0 fully saturated rings. The highest BCUT2D eigenvalue weighted by Crippen LogP contribution is 2.48. The normalized spacial score (nSPS) is 18.8. The number of nitrogens with one attached hydrogen (secondary N) is 2. The summed E-state index contributed by atoms with van der Waals surface area (Å²) in [6.45, 7) is 6.24. The summed E-state index contributed by atoms with van der Waals surface area (Å²) in [5.41, 5.74) is 4.57. The molecule has 0 saturated heterocycles. The number of carbonyl (C=O) groups is 2. The van der Waals surface area contributed by atoms with Crippen molar-refractivity contribution in [3.8, 4) is 11.8 Å². The number of Topliss-reactive ketones (excluding diaryl/α,β-unsaturated/α-hetero) is 1. The molecule has 4 rings (SSSR count). The number of allylic oxidation sites excluding steroid dienone is 3. The molecule has 1 atom stereocenters. The summed E-state index contributed by atoms with van der Waals surface area (Å²) < 4.78 is 5.30. The fourth-order valence-electron chi connectivity index (χ4n) is 4.78. The van der Waals surface area contributed by atoms with Crippen LogP contribution in [-0.2, 0) is 16.0 Å². The molecule has 6 nitrogen and oxygen atoms in total. The van der Waals surface area contributed by atoms with Gasteiger partial charge in [0.15, 0.2) is 5.78 Å². The van der Waals surface area contributed by atoms with Crippen LogP contribution in [-0.4, -0.2) is 24.6 Å². The number of amides is 1. The molecular formula is C29H31N3O3S. The molecule has 0 spiro atoms. The first kappa shape index (κ1) is 25.6. The molecule has 1 aliphatic heterocycles. The van der Waals surface area contributed by atoms with Crippen LogP contribution in [0.1, 0.15) is 50.7 Å². The number of dihydropyridines is 1. The number of benzene rings is 2. The van der Waals surface area contributed by atoms with Crippen LogP contribution in [0.3, 0.4) is 0 Å². The molecule has 0 saturated carbocycles. The second-order valence-electron chi connectivity index (χ2n) is 9.91. The molecule has 1 heterocycles. The van der Waals surface area contributed by atoms with E-state index in [0.717, 1.165) is 23.4 Å². The number of anilines is 1. The first-order valence-corrected chi connectivity index (χ1v) is 13.1. The molecule has 1 aliphatic carbocycles. The Bertz CT molecular complexity index is 1270. The Kier molecular flexibility index (Phi) is 7.56. The van der Waals surface area contributed by atoms with E-state index in [0.29, 0.717) is 34.8 Å². The average molecular weight is 502 g/mol. The maximum absolute atomic E-state index is 13.3. The maximum atomic E-state index is 13.3. The highest BCUT2D eigenvalue weighted by atomic mass is 32.2. The van der Waals surface area contributed by atoms with E-state index in [9.17, 15) is 14.9 Å². The van der Waals surface area contributed by atoms with E-state index in [2.05, 4.69) is 37.5 Å². The Balaban J connectivity index is 1.62. The van der Waals surface area contributed by atoms with Gasteiger partial charge in [0.25, 0.3) is 0 Å². The Labute approximate surface area is 216 Å². The van der Waals surface area contributed by atoms with Crippen molar-refractivity contribution < 1.29 is 14.3 Å². The van der Waals surface area contributed by atoms with Crippen molar-refractivity contribution in [2.24, 2.45) is 5.41 Å². The molecule has 2 aliphatic rings. The number of ether oxygens (including phenoxy) is 1. The molecule has 0 bridgehead atoms. The van der Waals surface area contributed by atoms with Gasteiger partial charge in [0, 0.05) is 23.4 Å². The lowest BCUT2D eigenvalue weighted by Gasteiger charge is -2.39. The van der Waals surface area contributed by atoms with Gasteiger partial charge in [0.2, 0.25) is 5.91 Å². The van der Waals surface area contributed by atoms with E-state index in [1.54, 1.807) is 7.11 Å². The topological polar surface area (TPSA) is 91.2 Å². The van der Waals surface area contributed by atoms with Gasteiger partial charge in [-0.3, -0.25) is 9.59 Å². The molecule has 2 aromatic carbocycles. The lowest BCUT2D eigenvalue weighted by molar-refractivity contribution is -0.118. The maximum Gasteiger partial charge on any atom is 0.234 e. The van der Waals surface area contributed by atoms with Gasteiger partial charge in [-0.05, 0) is 53.6 Å². The van der Waals surface area contributed by atoms with Crippen LogP contribution >= 0.6 is 11.8 Å². The fourth-order valence-corrected chi connectivity index (χ4v) is 5.64. The van der Waals surface area contributed by atoms with E-state index in [1.807, 2.05) is 48.5 Å². The summed E-state index contributed by atoms with van der Waals surface area (Å²) in [6.07, 6.45) is 2.06. The molecule has 1 amide bonds. The van der Waals surface area contributed by atoms with Gasteiger partial charge in [0.05, 0.1) is 35.5 Å². The van der Waals surface area contributed by atoms with Crippen LogP contribution in [0.15, 0.2) is 70.4 Å². The van der Waals surface area contributed by atoms with Gasteiger partial charge in [0.1, 0.15) is 5.75 Å². The van der Waals surface area contributed by atoms with E-state index >= 15 is 0 Å².